The van der Waals surface area contributed by atoms with Crippen LogP contribution in [0.15, 0.2) is 18.3 Å². The van der Waals surface area contributed by atoms with Gasteiger partial charge in [0.25, 0.3) is 0 Å². The molecule has 0 fully saturated rings. The number of unbranched alkanes of at least 4 members (excludes halogenated alkanes) is 5. The molecule has 0 aliphatic carbocycles. The molecule has 0 radical (unpaired) electrons. The van der Waals surface area contributed by atoms with Crippen molar-refractivity contribution in [1.82, 2.24) is 4.98 Å². The zero-order valence-corrected chi connectivity index (χ0v) is 11.8. The third-order valence-corrected chi connectivity index (χ3v) is 2.98. The van der Waals surface area contributed by atoms with Crippen LogP contribution in [-0.2, 0) is 0 Å². The van der Waals surface area contributed by atoms with Gasteiger partial charge in [0, 0.05) is 13.1 Å². The van der Waals surface area contributed by atoms with E-state index in [-0.39, 0.29) is 0 Å². The van der Waals surface area contributed by atoms with Crippen LogP contribution in [0.5, 0.6) is 0 Å². The van der Waals surface area contributed by atoms with Crippen LogP contribution in [0, 0.1) is 0 Å². The highest BCUT2D eigenvalue weighted by atomic mass is 15.0. The summed E-state index contributed by atoms with van der Waals surface area (Å²) in [5, 5.41) is 6.61. The van der Waals surface area contributed by atoms with Crippen molar-refractivity contribution >= 4 is 11.5 Å². The van der Waals surface area contributed by atoms with Crippen LogP contribution in [0.1, 0.15) is 52.4 Å². The number of nitrogens with one attached hydrogen (secondary N) is 2. The number of anilines is 2. The van der Waals surface area contributed by atoms with E-state index in [2.05, 4.69) is 35.5 Å². The molecule has 0 spiro atoms. The van der Waals surface area contributed by atoms with Gasteiger partial charge in [0.2, 0.25) is 0 Å². The third-order valence-electron chi connectivity index (χ3n) is 2.98. The predicted molar refractivity (Wildman–Crippen MR) is 80.3 cm³/mol. The Morgan fingerprint density at radius 2 is 1.72 bits per heavy atom. The standard InChI is InChI=1S/C15H27N3/c1-3-5-6-7-8-9-12-17-15-11-10-14(13-18-15)16-4-2/h10-11,13,16H,3-9,12H2,1-2H3,(H,17,18). The van der Waals surface area contributed by atoms with E-state index in [1.165, 1.54) is 38.5 Å². The Balaban J connectivity index is 2.08. The second-order valence-corrected chi connectivity index (χ2v) is 4.66. The van der Waals surface area contributed by atoms with E-state index in [9.17, 15) is 0 Å². The van der Waals surface area contributed by atoms with Gasteiger partial charge in [0.05, 0.1) is 11.9 Å². The highest BCUT2D eigenvalue weighted by Crippen LogP contribution is 2.10. The SMILES string of the molecule is CCCCCCCCNc1ccc(NCC)cn1. The van der Waals surface area contributed by atoms with Crippen LogP contribution in [-0.4, -0.2) is 18.1 Å². The van der Waals surface area contributed by atoms with Crippen LogP contribution in [0.2, 0.25) is 0 Å². The lowest BCUT2D eigenvalue weighted by molar-refractivity contribution is 0.617. The molecule has 1 heterocycles. The largest absolute Gasteiger partial charge is 0.384 e. The minimum Gasteiger partial charge on any atom is -0.384 e. The van der Waals surface area contributed by atoms with Gasteiger partial charge in [0.15, 0.2) is 0 Å². The maximum Gasteiger partial charge on any atom is 0.126 e. The first-order valence-electron chi connectivity index (χ1n) is 7.30. The summed E-state index contributed by atoms with van der Waals surface area (Å²) < 4.78 is 0. The van der Waals surface area contributed by atoms with Crippen molar-refractivity contribution in [3.05, 3.63) is 18.3 Å². The fourth-order valence-corrected chi connectivity index (χ4v) is 1.93. The number of pyridine rings is 1. The van der Waals surface area contributed by atoms with E-state index in [0.29, 0.717) is 0 Å². The third kappa shape index (κ3) is 6.48. The lowest BCUT2D eigenvalue weighted by atomic mass is 10.1. The highest BCUT2D eigenvalue weighted by Gasteiger charge is 1.95. The van der Waals surface area contributed by atoms with E-state index in [1.54, 1.807) is 0 Å². The van der Waals surface area contributed by atoms with E-state index in [4.69, 9.17) is 0 Å². The van der Waals surface area contributed by atoms with Crippen LogP contribution < -0.4 is 10.6 Å². The van der Waals surface area contributed by atoms with Gasteiger partial charge < -0.3 is 10.6 Å². The molecule has 3 nitrogen and oxygen atoms in total. The fourth-order valence-electron chi connectivity index (χ4n) is 1.93. The van der Waals surface area contributed by atoms with Gasteiger partial charge in [-0.3, -0.25) is 0 Å². The van der Waals surface area contributed by atoms with Crippen LogP contribution in [0.25, 0.3) is 0 Å². The Hall–Kier alpha value is -1.25. The minimum atomic E-state index is 0.937. The van der Waals surface area contributed by atoms with Gasteiger partial charge in [-0.05, 0) is 25.5 Å². The Morgan fingerprint density at radius 1 is 0.944 bits per heavy atom. The second-order valence-electron chi connectivity index (χ2n) is 4.66. The summed E-state index contributed by atoms with van der Waals surface area (Å²) in [5.74, 6) is 0.977. The average Bonchev–Trinajstić information content (AvgIpc) is 2.40. The minimum absolute atomic E-state index is 0.937. The van der Waals surface area contributed by atoms with E-state index >= 15 is 0 Å². The summed E-state index contributed by atoms with van der Waals surface area (Å²) in [7, 11) is 0. The Labute approximate surface area is 111 Å². The number of hydrogen-bond donors (Lipinski definition) is 2. The molecule has 0 aromatic carbocycles. The van der Waals surface area contributed by atoms with Crippen molar-refractivity contribution < 1.29 is 0 Å². The van der Waals surface area contributed by atoms with Gasteiger partial charge in [-0.1, -0.05) is 39.0 Å². The Bertz CT molecular complexity index is 295. The van der Waals surface area contributed by atoms with Crippen molar-refractivity contribution in [2.24, 2.45) is 0 Å². The van der Waals surface area contributed by atoms with Gasteiger partial charge in [-0.25, -0.2) is 4.98 Å². The highest BCUT2D eigenvalue weighted by molar-refractivity contribution is 5.46. The molecule has 18 heavy (non-hydrogen) atoms. The van der Waals surface area contributed by atoms with Crippen molar-refractivity contribution in [2.45, 2.75) is 52.4 Å². The first-order valence-corrected chi connectivity index (χ1v) is 7.30. The first kappa shape index (κ1) is 14.8. The van der Waals surface area contributed by atoms with Gasteiger partial charge in [0.1, 0.15) is 5.82 Å². The zero-order valence-electron chi connectivity index (χ0n) is 11.8. The van der Waals surface area contributed by atoms with Crippen LogP contribution in [0.3, 0.4) is 0 Å². The van der Waals surface area contributed by atoms with Crippen molar-refractivity contribution in [2.75, 3.05) is 23.7 Å². The average molecular weight is 249 g/mol. The number of rotatable bonds is 10. The molecular weight excluding hydrogens is 222 g/mol. The molecule has 0 aliphatic heterocycles. The molecule has 0 atom stereocenters. The van der Waals surface area contributed by atoms with E-state index in [1.807, 2.05) is 12.3 Å². The summed E-state index contributed by atoms with van der Waals surface area (Å²) in [5.41, 5.74) is 1.09. The lowest BCUT2D eigenvalue weighted by Gasteiger charge is -2.07. The summed E-state index contributed by atoms with van der Waals surface area (Å²) in [6.07, 6.45) is 9.88. The fraction of sp³-hybridized carbons (Fsp3) is 0.667. The summed E-state index contributed by atoms with van der Waals surface area (Å²) >= 11 is 0. The van der Waals surface area contributed by atoms with Crippen LogP contribution >= 0.6 is 0 Å². The topological polar surface area (TPSA) is 37.0 Å². The second kappa shape index (κ2) is 9.75. The molecule has 0 saturated carbocycles. The molecule has 0 bridgehead atoms. The van der Waals surface area contributed by atoms with Crippen molar-refractivity contribution in [3.8, 4) is 0 Å². The number of hydrogen-bond acceptors (Lipinski definition) is 3. The predicted octanol–water partition coefficient (Wildman–Crippen LogP) is 4.29. The molecular formula is C15H27N3. The molecule has 1 rings (SSSR count). The number of aromatic nitrogens is 1. The monoisotopic (exact) mass is 249 g/mol. The summed E-state index contributed by atoms with van der Waals surface area (Å²) in [6, 6.07) is 4.11. The molecule has 1 aromatic heterocycles. The molecule has 0 unspecified atom stereocenters. The van der Waals surface area contributed by atoms with E-state index in [0.717, 1.165) is 24.6 Å². The smallest absolute Gasteiger partial charge is 0.126 e. The summed E-state index contributed by atoms with van der Waals surface area (Å²) in [6.45, 7) is 6.31. The maximum atomic E-state index is 4.37. The molecule has 102 valence electrons. The van der Waals surface area contributed by atoms with Gasteiger partial charge in [-0.2, -0.15) is 0 Å². The zero-order chi connectivity index (χ0) is 13.1. The van der Waals surface area contributed by atoms with Crippen LogP contribution in [0.4, 0.5) is 11.5 Å². The Morgan fingerprint density at radius 3 is 2.39 bits per heavy atom. The van der Waals surface area contributed by atoms with Crippen molar-refractivity contribution in [3.63, 3.8) is 0 Å². The van der Waals surface area contributed by atoms with E-state index < -0.39 is 0 Å². The van der Waals surface area contributed by atoms with Gasteiger partial charge in [-0.15, -0.1) is 0 Å². The van der Waals surface area contributed by atoms with Gasteiger partial charge >= 0.3 is 0 Å². The van der Waals surface area contributed by atoms with Crippen molar-refractivity contribution in [1.29, 1.82) is 0 Å². The lowest BCUT2D eigenvalue weighted by Crippen LogP contribution is -2.04. The summed E-state index contributed by atoms with van der Waals surface area (Å²) in [4.78, 5) is 4.37. The molecule has 0 amide bonds. The number of nitrogens with zero attached hydrogens (tertiary/aromatic N) is 1. The first-order chi connectivity index (χ1) is 8.86. The molecule has 0 saturated heterocycles. The molecule has 0 aliphatic rings. The molecule has 1 aromatic rings. The molecule has 3 heteroatoms. The quantitative estimate of drug-likeness (QED) is 0.607. The Kier molecular flexibility index (Phi) is 8.02. The normalized spacial score (nSPS) is 10.3. The maximum absolute atomic E-state index is 4.37. The molecule has 2 N–H and O–H groups in total.